The number of benzene rings is 1. The second-order valence-electron chi connectivity index (χ2n) is 3.72. The molecule has 1 aromatic carbocycles. The molecule has 1 aromatic heterocycles. The van der Waals surface area contributed by atoms with E-state index in [9.17, 15) is 0 Å². The SMILES string of the molecule is COc1ccc(Cn2nncc2C)cc1OC. The van der Waals surface area contributed by atoms with Crippen LogP contribution in [0, 0.1) is 6.92 Å². The molecule has 0 atom stereocenters. The standard InChI is InChI=1S/C12H15N3O2/c1-9-7-13-14-15(9)8-10-4-5-11(16-2)12(6-10)17-3/h4-7H,8H2,1-3H3. The Bertz CT molecular complexity index is 508. The molecule has 0 fully saturated rings. The molecule has 0 saturated heterocycles. The van der Waals surface area contributed by atoms with Crippen LogP contribution < -0.4 is 9.47 Å². The fourth-order valence-electron chi connectivity index (χ4n) is 1.62. The number of aryl methyl sites for hydroxylation is 1. The molecule has 17 heavy (non-hydrogen) atoms. The van der Waals surface area contributed by atoms with Gasteiger partial charge in [0.2, 0.25) is 0 Å². The van der Waals surface area contributed by atoms with E-state index in [2.05, 4.69) is 10.3 Å². The number of ether oxygens (including phenoxy) is 2. The highest BCUT2D eigenvalue weighted by atomic mass is 16.5. The minimum Gasteiger partial charge on any atom is -0.493 e. The molecule has 0 unspecified atom stereocenters. The molecule has 1 heterocycles. The first kappa shape index (κ1) is 11.4. The van der Waals surface area contributed by atoms with Crippen LogP contribution in [0.2, 0.25) is 0 Å². The van der Waals surface area contributed by atoms with Gasteiger partial charge in [-0.2, -0.15) is 0 Å². The van der Waals surface area contributed by atoms with E-state index in [1.807, 2.05) is 29.8 Å². The van der Waals surface area contributed by atoms with Crippen molar-refractivity contribution in [3.05, 3.63) is 35.7 Å². The van der Waals surface area contributed by atoms with E-state index in [-0.39, 0.29) is 0 Å². The molecule has 5 heteroatoms. The molecule has 0 spiro atoms. The quantitative estimate of drug-likeness (QED) is 0.805. The van der Waals surface area contributed by atoms with Crippen LogP contribution in [-0.4, -0.2) is 29.2 Å². The van der Waals surface area contributed by atoms with E-state index in [4.69, 9.17) is 9.47 Å². The highest BCUT2D eigenvalue weighted by Crippen LogP contribution is 2.27. The number of hydrogen-bond acceptors (Lipinski definition) is 4. The first-order valence-corrected chi connectivity index (χ1v) is 5.30. The second-order valence-corrected chi connectivity index (χ2v) is 3.72. The van der Waals surface area contributed by atoms with Crippen LogP contribution in [0.4, 0.5) is 0 Å². The number of aromatic nitrogens is 3. The molecule has 90 valence electrons. The lowest BCUT2D eigenvalue weighted by molar-refractivity contribution is 0.354. The van der Waals surface area contributed by atoms with E-state index in [1.165, 1.54) is 0 Å². The Kier molecular flexibility index (Phi) is 3.27. The Morgan fingerprint density at radius 1 is 1.18 bits per heavy atom. The zero-order valence-electron chi connectivity index (χ0n) is 10.2. The minimum atomic E-state index is 0.673. The zero-order chi connectivity index (χ0) is 12.3. The molecular weight excluding hydrogens is 218 g/mol. The van der Waals surface area contributed by atoms with Gasteiger partial charge in [0.05, 0.1) is 32.7 Å². The lowest BCUT2D eigenvalue weighted by atomic mass is 10.2. The maximum atomic E-state index is 5.26. The Morgan fingerprint density at radius 3 is 2.53 bits per heavy atom. The summed E-state index contributed by atoms with van der Waals surface area (Å²) in [5, 5.41) is 7.85. The van der Waals surface area contributed by atoms with Crippen molar-refractivity contribution >= 4 is 0 Å². The molecule has 0 amide bonds. The normalized spacial score (nSPS) is 10.3. The molecule has 0 aliphatic rings. The van der Waals surface area contributed by atoms with Gasteiger partial charge in [-0.15, -0.1) is 5.10 Å². The maximum absolute atomic E-state index is 5.26. The first-order chi connectivity index (χ1) is 8.24. The molecule has 0 aliphatic heterocycles. The van der Waals surface area contributed by atoms with E-state index in [1.54, 1.807) is 20.4 Å². The lowest BCUT2D eigenvalue weighted by Crippen LogP contribution is -2.04. The fraction of sp³-hybridized carbons (Fsp3) is 0.333. The Morgan fingerprint density at radius 2 is 1.94 bits per heavy atom. The van der Waals surface area contributed by atoms with Gasteiger partial charge >= 0.3 is 0 Å². The molecule has 0 saturated carbocycles. The fourth-order valence-corrected chi connectivity index (χ4v) is 1.62. The topological polar surface area (TPSA) is 49.2 Å². The van der Waals surface area contributed by atoms with Crippen LogP contribution >= 0.6 is 0 Å². The Balaban J connectivity index is 2.25. The summed E-state index contributed by atoms with van der Waals surface area (Å²) in [5.41, 5.74) is 2.12. The second kappa shape index (κ2) is 4.86. The predicted octanol–water partition coefficient (Wildman–Crippen LogP) is 1.65. The molecule has 0 aliphatic carbocycles. The third kappa shape index (κ3) is 2.38. The smallest absolute Gasteiger partial charge is 0.161 e. The average molecular weight is 233 g/mol. The van der Waals surface area contributed by atoms with E-state index in [0.717, 1.165) is 22.8 Å². The summed E-state index contributed by atoms with van der Waals surface area (Å²) >= 11 is 0. The van der Waals surface area contributed by atoms with Crippen LogP contribution in [0.5, 0.6) is 11.5 Å². The van der Waals surface area contributed by atoms with Crippen LogP contribution in [0.15, 0.2) is 24.4 Å². The van der Waals surface area contributed by atoms with Crippen molar-refractivity contribution in [1.29, 1.82) is 0 Å². The van der Waals surface area contributed by atoms with E-state index < -0.39 is 0 Å². The van der Waals surface area contributed by atoms with Gasteiger partial charge < -0.3 is 9.47 Å². The molecule has 2 rings (SSSR count). The number of methoxy groups -OCH3 is 2. The van der Waals surface area contributed by atoms with Gasteiger partial charge in [-0.1, -0.05) is 11.3 Å². The summed E-state index contributed by atoms with van der Waals surface area (Å²) in [5.74, 6) is 1.45. The highest BCUT2D eigenvalue weighted by molar-refractivity contribution is 5.42. The molecule has 0 radical (unpaired) electrons. The van der Waals surface area contributed by atoms with Gasteiger partial charge in [-0.05, 0) is 24.6 Å². The summed E-state index contributed by atoms with van der Waals surface area (Å²) in [6.45, 7) is 2.65. The average Bonchev–Trinajstić information content (AvgIpc) is 2.75. The third-order valence-corrected chi connectivity index (χ3v) is 2.59. The molecular formula is C12H15N3O2. The van der Waals surface area contributed by atoms with E-state index in [0.29, 0.717) is 6.54 Å². The molecule has 5 nitrogen and oxygen atoms in total. The van der Waals surface area contributed by atoms with Crippen LogP contribution in [-0.2, 0) is 6.54 Å². The summed E-state index contributed by atoms with van der Waals surface area (Å²) in [7, 11) is 3.25. The van der Waals surface area contributed by atoms with Crippen LogP contribution in [0.3, 0.4) is 0 Å². The largest absolute Gasteiger partial charge is 0.493 e. The van der Waals surface area contributed by atoms with Crippen molar-refractivity contribution in [3.8, 4) is 11.5 Å². The number of rotatable bonds is 4. The monoisotopic (exact) mass is 233 g/mol. The van der Waals surface area contributed by atoms with Gasteiger partial charge in [-0.25, -0.2) is 4.68 Å². The van der Waals surface area contributed by atoms with Gasteiger partial charge in [0.1, 0.15) is 0 Å². The van der Waals surface area contributed by atoms with Crippen LogP contribution in [0.25, 0.3) is 0 Å². The van der Waals surface area contributed by atoms with Crippen molar-refractivity contribution < 1.29 is 9.47 Å². The first-order valence-electron chi connectivity index (χ1n) is 5.30. The summed E-state index contributed by atoms with van der Waals surface area (Å²) in [4.78, 5) is 0. The molecule has 2 aromatic rings. The predicted molar refractivity (Wildman–Crippen MR) is 63.4 cm³/mol. The maximum Gasteiger partial charge on any atom is 0.161 e. The Hall–Kier alpha value is -2.04. The Labute approximate surface area is 100.0 Å². The molecule has 0 N–H and O–H groups in total. The number of hydrogen-bond donors (Lipinski definition) is 0. The van der Waals surface area contributed by atoms with Gasteiger partial charge in [0, 0.05) is 0 Å². The van der Waals surface area contributed by atoms with Crippen molar-refractivity contribution in [1.82, 2.24) is 15.0 Å². The van der Waals surface area contributed by atoms with Crippen molar-refractivity contribution in [2.75, 3.05) is 14.2 Å². The molecule has 0 bridgehead atoms. The van der Waals surface area contributed by atoms with Crippen LogP contribution in [0.1, 0.15) is 11.3 Å². The summed E-state index contributed by atoms with van der Waals surface area (Å²) in [6.07, 6.45) is 1.74. The number of nitrogens with zero attached hydrogens (tertiary/aromatic N) is 3. The minimum absolute atomic E-state index is 0.673. The van der Waals surface area contributed by atoms with Gasteiger partial charge in [-0.3, -0.25) is 0 Å². The van der Waals surface area contributed by atoms with Gasteiger partial charge in [0.25, 0.3) is 0 Å². The highest BCUT2D eigenvalue weighted by Gasteiger charge is 2.06. The zero-order valence-corrected chi connectivity index (χ0v) is 10.2. The van der Waals surface area contributed by atoms with Crippen molar-refractivity contribution in [2.24, 2.45) is 0 Å². The summed E-state index contributed by atoms with van der Waals surface area (Å²) < 4.78 is 12.3. The van der Waals surface area contributed by atoms with E-state index >= 15 is 0 Å². The van der Waals surface area contributed by atoms with Crippen molar-refractivity contribution in [3.63, 3.8) is 0 Å². The third-order valence-electron chi connectivity index (χ3n) is 2.59. The lowest BCUT2D eigenvalue weighted by Gasteiger charge is -2.09. The van der Waals surface area contributed by atoms with Crippen molar-refractivity contribution in [2.45, 2.75) is 13.5 Å². The van der Waals surface area contributed by atoms with Gasteiger partial charge in [0.15, 0.2) is 11.5 Å². The summed E-state index contributed by atoms with van der Waals surface area (Å²) in [6, 6.07) is 5.82.